The zero-order valence-electron chi connectivity index (χ0n) is 28.8. The van der Waals surface area contributed by atoms with Crippen molar-refractivity contribution in [2.45, 2.75) is 120 Å². The molecule has 0 amide bonds. The highest BCUT2D eigenvalue weighted by atomic mass is 15.1. The number of nitrogens with two attached hydrogens (primary N) is 1. The lowest BCUT2D eigenvalue weighted by atomic mass is 9.68. The van der Waals surface area contributed by atoms with E-state index in [9.17, 15) is 0 Å². The van der Waals surface area contributed by atoms with Crippen LogP contribution in [0.1, 0.15) is 123 Å². The van der Waals surface area contributed by atoms with Gasteiger partial charge in [0.05, 0.1) is 5.56 Å². The zero-order chi connectivity index (χ0) is 31.7. The Bertz CT molecular complexity index is 1170. The number of fused-ring (bicyclic) bond motifs is 1. The number of nitrogens with zero attached hydrogens (tertiary/aromatic N) is 1. The Morgan fingerprint density at radius 3 is 2.10 bits per heavy atom. The number of hydrogen-bond donors (Lipinski definition) is 1. The van der Waals surface area contributed by atoms with Gasteiger partial charge < -0.3 is 5.73 Å². The van der Waals surface area contributed by atoms with Crippen LogP contribution >= 0.6 is 0 Å². The minimum atomic E-state index is 0.268. The van der Waals surface area contributed by atoms with Crippen molar-refractivity contribution in [3.8, 4) is 0 Å². The Balaban J connectivity index is 0.000000275. The van der Waals surface area contributed by atoms with E-state index in [1.807, 2.05) is 12.2 Å². The summed E-state index contributed by atoms with van der Waals surface area (Å²) < 4.78 is 2.53. The van der Waals surface area contributed by atoms with E-state index in [0.717, 1.165) is 31.2 Å². The third kappa shape index (κ3) is 9.27. The van der Waals surface area contributed by atoms with Crippen molar-refractivity contribution in [1.29, 1.82) is 0 Å². The maximum atomic E-state index is 5.23. The number of benzene rings is 1. The number of rotatable bonds is 10. The first-order valence-corrected chi connectivity index (χ1v) is 16.5. The Morgan fingerprint density at radius 1 is 1.07 bits per heavy atom. The highest BCUT2D eigenvalue weighted by Gasteiger charge is 2.45. The second kappa shape index (κ2) is 15.9. The summed E-state index contributed by atoms with van der Waals surface area (Å²) in [5, 5.41) is 0. The van der Waals surface area contributed by atoms with Gasteiger partial charge in [-0.25, -0.2) is 0 Å². The third-order valence-electron chi connectivity index (χ3n) is 9.99. The quantitative estimate of drug-likeness (QED) is 0.169. The van der Waals surface area contributed by atoms with Gasteiger partial charge in [-0.05, 0) is 98.3 Å². The fraction of sp³-hybridized carbons (Fsp3) is 0.575. The van der Waals surface area contributed by atoms with Crippen molar-refractivity contribution in [3.05, 3.63) is 77.4 Å². The minimum absolute atomic E-state index is 0.268. The second-order valence-electron chi connectivity index (χ2n) is 14.0. The predicted molar refractivity (Wildman–Crippen MR) is 190 cm³/mol. The van der Waals surface area contributed by atoms with Crippen LogP contribution in [0.5, 0.6) is 0 Å². The Morgan fingerprint density at radius 2 is 1.69 bits per heavy atom. The van der Waals surface area contributed by atoms with E-state index in [0.29, 0.717) is 11.5 Å². The van der Waals surface area contributed by atoms with E-state index < -0.39 is 0 Å². The molecule has 2 fully saturated rings. The summed E-state index contributed by atoms with van der Waals surface area (Å²) >= 11 is 0. The summed E-state index contributed by atoms with van der Waals surface area (Å²) in [6, 6.07) is 2.96. The Labute approximate surface area is 260 Å². The molecule has 1 atom stereocenters. The average molecular weight is 572 g/mol. The molecule has 0 spiro atoms. The van der Waals surface area contributed by atoms with Gasteiger partial charge in [0.15, 0.2) is 6.04 Å². The molecule has 0 aliphatic heterocycles. The zero-order valence-corrected chi connectivity index (χ0v) is 28.8. The molecule has 1 unspecified atom stereocenters. The van der Waals surface area contributed by atoms with Crippen molar-refractivity contribution in [3.63, 3.8) is 0 Å². The third-order valence-corrected chi connectivity index (χ3v) is 9.99. The molecule has 2 heteroatoms. The first kappa shape index (κ1) is 35.7. The lowest BCUT2D eigenvalue weighted by Gasteiger charge is -2.39. The molecule has 232 valence electrons. The van der Waals surface area contributed by atoms with Gasteiger partial charge in [-0.2, -0.15) is 4.58 Å². The van der Waals surface area contributed by atoms with Gasteiger partial charge in [0.2, 0.25) is 5.69 Å². The van der Waals surface area contributed by atoms with Gasteiger partial charge in [-0.1, -0.05) is 103 Å². The fourth-order valence-corrected chi connectivity index (χ4v) is 6.21. The van der Waals surface area contributed by atoms with E-state index >= 15 is 0 Å². The molecule has 3 aliphatic rings. The first-order chi connectivity index (χ1) is 19.8. The summed E-state index contributed by atoms with van der Waals surface area (Å²) in [4.78, 5) is 0. The van der Waals surface area contributed by atoms with Crippen LogP contribution in [-0.2, 0) is 12.8 Å². The van der Waals surface area contributed by atoms with Crippen molar-refractivity contribution < 1.29 is 4.58 Å². The molecular formula is C40H63N2+. The normalized spacial score (nSPS) is 20.1. The van der Waals surface area contributed by atoms with Gasteiger partial charge in [0.25, 0.3) is 0 Å². The lowest BCUT2D eigenvalue weighted by Crippen LogP contribution is -2.43. The number of allylic oxidation sites excluding steroid dienone is 5. The molecule has 2 saturated carbocycles. The van der Waals surface area contributed by atoms with Crippen LogP contribution in [0, 0.1) is 22.7 Å². The summed E-state index contributed by atoms with van der Waals surface area (Å²) in [6.45, 7) is 33.4. The first-order valence-electron chi connectivity index (χ1n) is 16.5. The molecule has 42 heavy (non-hydrogen) atoms. The molecule has 1 aromatic rings. The maximum absolute atomic E-state index is 5.23. The van der Waals surface area contributed by atoms with Crippen molar-refractivity contribution >= 4 is 24.1 Å². The molecule has 4 rings (SSSR count). The van der Waals surface area contributed by atoms with Crippen LogP contribution in [0.25, 0.3) is 12.2 Å². The van der Waals surface area contributed by atoms with E-state index in [2.05, 4.69) is 117 Å². The van der Waals surface area contributed by atoms with Crippen LogP contribution in [0.4, 0.5) is 5.69 Å². The minimum Gasteiger partial charge on any atom is -0.330 e. The molecule has 0 aromatic heterocycles. The van der Waals surface area contributed by atoms with Crippen LogP contribution in [0.3, 0.4) is 0 Å². The van der Waals surface area contributed by atoms with Crippen LogP contribution in [0.2, 0.25) is 0 Å². The van der Waals surface area contributed by atoms with Crippen LogP contribution in [0.15, 0.2) is 55.2 Å². The molecule has 0 radical (unpaired) electrons. The van der Waals surface area contributed by atoms with Crippen LogP contribution in [-0.4, -0.2) is 23.4 Å². The highest BCUT2D eigenvalue weighted by molar-refractivity contribution is 5.76. The van der Waals surface area contributed by atoms with E-state index in [1.54, 1.807) is 5.56 Å². The predicted octanol–water partition coefficient (Wildman–Crippen LogP) is 10.9. The smallest absolute Gasteiger partial charge is 0.216 e. The summed E-state index contributed by atoms with van der Waals surface area (Å²) in [7, 11) is 0. The molecule has 3 aliphatic carbocycles. The molecule has 2 nitrogen and oxygen atoms in total. The van der Waals surface area contributed by atoms with Crippen molar-refractivity contribution in [2.24, 2.45) is 28.4 Å². The summed E-state index contributed by atoms with van der Waals surface area (Å²) in [6.07, 6.45) is 22.7. The van der Waals surface area contributed by atoms with Gasteiger partial charge in [-0.3, -0.25) is 0 Å². The van der Waals surface area contributed by atoms with Crippen molar-refractivity contribution in [2.75, 3.05) is 6.54 Å². The number of hydrogen-bond acceptors (Lipinski definition) is 1. The largest absolute Gasteiger partial charge is 0.330 e. The maximum Gasteiger partial charge on any atom is 0.216 e. The summed E-state index contributed by atoms with van der Waals surface area (Å²) in [5.74, 6) is 1.65. The topological polar surface area (TPSA) is 29.0 Å². The Kier molecular flexibility index (Phi) is 13.5. The molecule has 0 saturated heterocycles. The van der Waals surface area contributed by atoms with E-state index in [-0.39, 0.29) is 5.41 Å². The van der Waals surface area contributed by atoms with E-state index in [1.165, 1.54) is 72.0 Å². The summed E-state index contributed by atoms with van der Waals surface area (Å²) in [5.41, 5.74) is 15.5. The van der Waals surface area contributed by atoms with E-state index in [4.69, 9.17) is 5.73 Å². The second-order valence-corrected chi connectivity index (χ2v) is 14.0. The molecular weight excluding hydrogens is 508 g/mol. The molecule has 2 N–H and O–H groups in total. The van der Waals surface area contributed by atoms with Gasteiger partial charge >= 0.3 is 0 Å². The van der Waals surface area contributed by atoms with Crippen LogP contribution < -0.4 is 5.73 Å². The Hall–Kier alpha value is -2.45. The monoisotopic (exact) mass is 571 g/mol. The fourth-order valence-electron chi connectivity index (χ4n) is 6.21. The standard InChI is InChI=1S/C22H30N.C14H24.C4H9N/c1-7-16-12-17-10-15(4)11-20(17)21(19(16)8-2)23(9-3)18-13-22(5,6)14-18;1-7-12(4)10-11-13(5)14(6,8-2)9-3;5-3-4-1-2-4/h7-9,12,15,18H,1-2,10-11,13-14H2,3-6H3;7,10-11H,5,8-9H2,1-4,6H3;4H,1-3,5H2/q+1;;/b;11-10-,12-7-;. The SMILES string of the molecule is C=C(/C=C\C(C)=C/C)C(C)(CC)CC.C=Cc1cc2c(c([N+](=CC)C3CC(C)(C)C3)c1C=C)CC(C)C2.NCC1CC1. The highest BCUT2D eigenvalue weighted by Crippen LogP contribution is 2.47. The molecule has 0 bridgehead atoms. The average Bonchev–Trinajstić information content (AvgIpc) is 3.74. The van der Waals surface area contributed by atoms with Crippen molar-refractivity contribution in [1.82, 2.24) is 0 Å². The molecule has 0 heterocycles. The van der Waals surface area contributed by atoms with Gasteiger partial charge in [0.1, 0.15) is 6.21 Å². The lowest BCUT2D eigenvalue weighted by molar-refractivity contribution is -0.508. The molecule has 1 aromatic carbocycles. The van der Waals surface area contributed by atoms with Gasteiger partial charge in [-0.15, -0.1) is 0 Å². The van der Waals surface area contributed by atoms with Gasteiger partial charge in [0, 0.05) is 25.3 Å².